The molecule has 0 bridgehead atoms. The highest BCUT2D eigenvalue weighted by molar-refractivity contribution is 7.86. The summed E-state index contributed by atoms with van der Waals surface area (Å²) in [5.74, 6) is 0.419. The summed E-state index contributed by atoms with van der Waals surface area (Å²) in [5, 5.41) is 4.33. The minimum absolute atomic E-state index is 0.319. The van der Waals surface area contributed by atoms with Gasteiger partial charge in [-0.05, 0) is 30.9 Å². The van der Waals surface area contributed by atoms with E-state index in [9.17, 15) is 8.42 Å². The van der Waals surface area contributed by atoms with Crippen LogP contribution in [0.1, 0.15) is 25.3 Å². The lowest BCUT2D eigenvalue weighted by Crippen LogP contribution is -2.45. The van der Waals surface area contributed by atoms with Crippen LogP contribution in [0.3, 0.4) is 0 Å². The molecule has 3 rings (SSSR count). The number of para-hydroxylation sites is 1. The fourth-order valence-corrected chi connectivity index (χ4v) is 4.56. The first kappa shape index (κ1) is 17.1. The smallest absolute Gasteiger partial charge is 0.241 e. The van der Waals surface area contributed by atoms with Crippen molar-refractivity contribution >= 4 is 10.2 Å². The summed E-state index contributed by atoms with van der Waals surface area (Å²) >= 11 is 0. The molecule has 0 N–H and O–H groups in total. The van der Waals surface area contributed by atoms with E-state index in [2.05, 4.69) is 12.0 Å². The van der Waals surface area contributed by atoms with Crippen LogP contribution in [-0.2, 0) is 16.8 Å². The van der Waals surface area contributed by atoms with Gasteiger partial charge in [0.2, 0.25) is 0 Å². The lowest BCUT2D eigenvalue weighted by molar-refractivity contribution is 0.263. The summed E-state index contributed by atoms with van der Waals surface area (Å²) in [5.41, 5.74) is 1.83. The number of hydrogen-bond acceptors (Lipinski definition) is 3. The monoisotopic (exact) mass is 348 g/mol. The highest BCUT2D eigenvalue weighted by atomic mass is 32.2. The highest BCUT2D eigenvalue weighted by Gasteiger charge is 2.30. The first-order valence-electron chi connectivity index (χ1n) is 8.27. The van der Waals surface area contributed by atoms with Gasteiger partial charge < -0.3 is 0 Å². The normalized spacial score (nSPS) is 19.7. The summed E-state index contributed by atoms with van der Waals surface area (Å²) in [6, 6.07) is 9.78. The lowest BCUT2D eigenvalue weighted by atomic mass is 10.0. The van der Waals surface area contributed by atoms with Crippen molar-refractivity contribution in [3.05, 3.63) is 48.3 Å². The Hall–Kier alpha value is -1.70. The molecule has 0 saturated carbocycles. The van der Waals surface area contributed by atoms with Gasteiger partial charge in [-0.25, -0.2) is 4.68 Å². The van der Waals surface area contributed by atoms with Crippen molar-refractivity contribution in [2.24, 2.45) is 5.92 Å². The minimum Gasteiger partial charge on any atom is -0.241 e. The molecule has 6 nitrogen and oxygen atoms in total. The van der Waals surface area contributed by atoms with E-state index in [0.717, 1.165) is 24.1 Å². The van der Waals surface area contributed by atoms with Crippen LogP contribution in [0.5, 0.6) is 0 Å². The fraction of sp³-hybridized carbons (Fsp3) is 0.471. The molecule has 1 fully saturated rings. The van der Waals surface area contributed by atoms with Gasteiger partial charge >= 0.3 is 0 Å². The Labute approximate surface area is 143 Å². The van der Waals surface area contributed by atoms with Crippen LogP contribution < -0.4 is 0 Å². The van der Waals surface area contributed by atoms with Crippen molar-refractivity contribution in [1.29, 1.82) is 0 Å². The molecule has 0 radical (unpaired) electrons. The van der Waals surface area contributed by atoms with Gasteiger partial charge in [-0.2, -0.15) is 22.1 Å². The van der Waals surface area contributed by atoms with Gasteiger partial charge in [-0.15, -0.1) is 0 Å². The zero-order chi connectivity index (χ0) is 17.2. The van der Waals surface area contributed by atoms with E-state index in [0.29, 0.717) is 25.6 Å². The van der Waals surface area contributed by atoms with E-state index in [4.69, 9.17) is 0 Å². The van der Waals surface area contributed by atoms with E-state index in [-0.39, 0.29) is 0 Å². The quantitative estimate of drug-likeness (QED) is 0.833. The first-order valence-corrected chi connectivity index (χ1v) is 9.67. The molecule has 1 aromatic carbocycles. The van der Waals surface area contributed by atoms with Crippen molar-refractivity contribution in [2.75, 3.05) is 20.1 Å². The van der Waals surface area contributed by atoms with Gasteiger partial charge in [-0.1, -0.05) is 25.1 Å². The Bertz CT molecular complexity index is 773. The van der Waals surface area contributed by atoms with Crippen molar-refractivity contribution in [2.45, 2.75) is 26.3 Å². The Kier molecular flexibility index (Phi) is 5.03. The van der Waals surface area contributed by atoms with E-state index < -0.39 is 10.2 Å². The molecule has 0 spiro atoms. The molecule has 1 saturated heterocycles. The molecule has 0 aliphatic carbocycles. The molecule has 0 amide bonds. The first-order chi connectivity index (χ1) is 11.5. The summed E-state index contributed by atoms with van der Waals surface area (Å²) in [6.45, 7) is 3.64. The van der Waals surface area contributed by atoms with Crippen LogP contribution in [0, 0.1) is 5.92 Å². The SMILES string of the molecule is CC1CCCN(S(=O)(=O)N(C)Cc2cnn(-c3ccccc3)c2)C1. The van der Waals surface area contributed by atoms with Crippen LogP contribution in [0.4, 0.5) is 0 Å². The number of aromatic nitrogens is 2. The van der Waals surface area contributed by atoms with Gasteiger partial charge in [0, 0.05) is 38.4 Å². The molecule has 1 unspecified atom stereocenters. The Morgan fingerprint density at radius 1 is 1.29 bits per heavy atom. The van der Waals surface area contributed by atoms with Crippen molar-refractivity contribution in [1.82, 2.24) is 18.4 Å². The molecular weight excluding hydrogens is 324 g/mol. The zero-order valence-electron chi connectivity index (χ0n) is 14.2. The molecular formula is C17H24N4O2S. The van der Waals surface area contributed by atoms with Gasteiger partial charge in [0.1, 0.15) is 0 Å². The topological polar surface area (TPSA) is 58.4 Å². The van der Waals surface area contributed by atoms with Crippen LogP contribution in [0.25, 0.3) is 5.69 Å². The summed E-state index contributed by atoms with van der Waals surface area (Å²) in [6.07, 6.45) is 5.62. The van der Waals surface area contributed by atoms with Crippen molar-refractivity contribution in [3.63, 3.8) is 0 Å². The van der Waals surface area contributed by atoms with Crippen LogP contribution in [0.2, 0.25) is 0 Å². The second-order valence-corrected chi connectivity index (χ2v) is 8.53. The van der Waals surface area contributed by atoms with Gasteiger partial charge in [-0.3, -0.25) is 0 Å². The average molecular weight is 348 g/mol. The van der Waals surface area contributed by atoms with Crippen molar-refractivity contribution < 1.29 is 8.42 Å². The maximum Gasteiger partial charge on any atom is 0.282 e. The van der Waals surface area contributed by atoms with Crippen LogP contribution in [-0.4, -0.2) is 46.9 Å². The van der Waals surface area contributed by atoms with Gasteiger partial charge in [0.15, 0.2) is 0 Å². The van der Waals surface area contributed by atoms with E-state index >= 15 is 0 Å². The lowest BCUT2D eigenvalue weighted by Gasteiger charge is -2.32. The minimum atomic E-state index is -3.42. The summed E-state index contributed by atoms with van der Waals surface area (Å²) in [7, 11) is -1.79. The third-order valence-electron chi connectivity index (χ3n) is 4.40. The average Bonchev–Trinajstić information content (AvgIpc) is 3.04. The second-order valence-electron chi connectivity index (χ2n) is 6.50. The molecule has 7 heteroatoms. The summed E-state index contributed by atoms with van der Waals surface area (Å²) < 4.78 is 30.3. The highest BCUT2D eigenvalue weighted by Crippen LogP contribution is 2.21. The van der Waals surface area contributed by atoms with E-state index in [1.54, 1.807) is 22.2 Å². The van der Waals surface area contributed by atoms with Crippen molar-refractivity contribution in [3.8, 4) is 5.69 Å². The van der Waals surface area contributed by atoms with Gasteiger partial charge in [0.25, 0.3) is 10.2 Å². The Morgan fingerprint density at radius 2 is 2.04 bits per heavy atom. The standard InChI is InChI=1S/C17H24N4O2S/c1-15-7-6-10-20(12-15)24(22,23)19(2)13-16-11-18-21(14-16)17-8-4-3-5-9-17/h3-5,8-9,11,14-15H,6-7,10,12-13H2,1-2H3. The number of hydrogen-bond donors (Lipinski definition) is 0. The molecule has 1 aliphatic heterocycles. The largest absolute Gasteiger partial charge is 0.282 e. The third-order valence-corrected chi connectivity index (χ3v) is 6.30. The summed E-state index contributed by atoms with van der Waals surface area (Å²) in [4.78, 5) is 0. The molecule has 130 valence electrons. The molecule has 24 heavy (non-hydrogen) atoms. The van der Waals surface area contributed by atoms with E-state index in [1.165, 1.54) is 4.31 Å². The maximum atomic E-state index is 12.7. The zero-order valence-corrected chi connectivity index (χ0v) is 15.0. The Morgan fingerprint density at radius 3 is 2.75 bits per heavy atom. The fourth-order valence-electron chi connectivity index (χ4n) is 3.06. The molecule has 2 aromatic rings. The number of benzene rings is 1. The Balaban J connectivity index is 1.70. The third kappa shape index (κ3) is 3.68. The van der Waals surface area contributed by atoms with Crippen LogP contribution in [0.15, 0.2) is 42.7 Å². The number of nitrogens with zero attached hydrogens (tertiary/aromatic N) is 4. The number of rotatable bonds is 5. The molecule has 2 heterocycles. The predicted molar refractivity (Wildman–Crippen MR) is 93.9 cm³/mol. The number of piperidine rings is 1. The second kappa shape index (κ2) is 7.04. The van der Waals surface area contributed by atoms with E-state index in [1.807, 2.05) is 36.5 Å². The molecule has 1 aromatic heterocycles. The maximum absolute atomic E-state index is 12.7. The van der Waals surface area contributed by atoms with Gasteiger partial charge in [0.05, 0.1) is 11.9 Å². The molecule has 1 atom stereocenters. The predicted octanol–water partition coefficient (Wildman–Crippen LogP) is 2.28. The van der Waals surface area contributed by atoms with Crippen LogP contribution >= 0.6 is 0 Å². The molecule has 1 aliphatic rings.